The number of aliphatic carboxylic acids is 1. The van der Waals surface area contributed by atoms with Gasteiger partial charge in [-0.15, -0.1) is 0 Å². The number of anilines is 2. The molecule has 2 aromatic rings. The van der Waals surface area contributed by atoms with Crippen LogP contribution in [0.1, 0.15) is 46.5 Å². The van der Waals surface area contributed by atoms with Gasteiger partial charge < -0.3 is 32.1 Å². The van der Waals surface area contributed by atoms with Crippen LogP contribution in [0.4, 0.5) is 11.6 Å². The lowest BCUT2D eigenvalue weighted by Gasteiger charge is -2.38. The van der Waals surface area contributed by atoms with Gasteiger partial charge in [-0.05, 0) is 43.9 Å². The van der Waals surface area contributed by atoms with E-state index in [1.54, 1.807) is 11.0 Å². The standard InChI is InChI=1S/C25H30ClN9O6S/c26-18-20(28)31-19(27)17(30-18)21(36)32-24-29-13-25(33-24)6-9-34(10-7-25)22(37)14-3-1-5-16(11-14)42(40,41)35-8-2-4-15(12-35)23(38)39/h1,3,5,11,15H,2,4,6-10,12-13H2,(H,38,39)(H4,27,28,31)(H2,29,32,33,36). The average Bonchev–Trinajstić information content (AvgIpc) is 3.36. The Balaban J connectivity index is 1.22. The zero-order valence-electron chi connectivity index (χ0n) is 22.4. The van der Waals surface area contributed by atoms with Gasteiger partial charge >= 0.3 is 11.9 Å². The third-order valence-electron chi connectivity index (χ3n) is 7.76. The molecule has 1 atom stereocenters. The first-order valence-electron chi connectivity index (χ1n) is 13.2. The number of rotatable bonds is 5. The Kier molecular flexibility index (Phi) is 7.96. The number of nitrogens with one attached hydrogen (secondary N) is 2. The second-order valence-electron chi connectivity index (χ2n) is 10.5. The molecule has 1 spiro atoms. The number of guanidine groups is 1. The lowest BCUT2D eigenvalue weighted by atomic mass is 9.88. The normalized spacial score (nSPS) is 21.6. The van der Waals surface area contributed by atoms with E-state index < -0.39 is 33.4 Å². The third kappa shape index (κ3) is 5.82. The molecule has 3 aliphatic rings. The van der Waals surface area contributed by atoms with Gasteiger partial charge in [0, 0.05) is 38.3 Å². The first-order chi connectivity index (χ1) is 19.9. The van der Waals surface area contributed by atoms with Crippen LogP contribution in [0.25, 0.3) is 0 Å². The molecule has 3 fully saturated rings. The second kappa shape index (κ2) is 11.3. The summed E-state index contributed by atoms with van der Waals surface area (Å²) in [4.78, 5) is 50.6. The summed E-state index contributed by atoms with van der Waals surface area (Å²) in [7, 11) is -3.97. The van der Waals surface area contributed by atoms with E-state index in [0.717, 1.165) is 0 Å². The number of hydrogen-bond donors (Lipinski definition) is 5. The molecule has 1 unspecified atom stereocenters. The molecular weight excluding hydrogens is 590 g/mol. The van der Waals surface area contributed by atoms with Crippen molar-refractivity contribution in [3.63, 3.8) is 0 Å². The molecule has 0 bridgehead atoms. The number of hydrogen-bond acceptors (Lipinski definition) is 9. The molecule has 1 aromatic carbocycles. The number of carbonyl (C=O) groups excluding carboxylic acids is 2. The Bertz CT molecular complexity index is 1580. The van der Waals surface area contributed by atoms with Gasteiger partial charge in [0.05, 0.1) is 16.4 Å². The summed E-state index contributed by atoms with van der Waals surface area (Å²) >= 11 is 5.86. The number of aliphatic imine (C=N–C) groups is 1. The van der Waals surface area contributed by atoms with Gasteiger partial charge in [0.25, 0.3) is 5.91 Å². The fourth-order valence-electron chi connectivity index (χ4n) is 5.34. The number of aromatic nitrogens is 2. The third-order valence-corrected chi connectivity index (χ3v) is 9.90. The molecule has 42 heavy (non-hydrogen) atoms. The molecule has 0 saturated carbocycles. The summed E-state index contributed by atoms with van der Waals surface area (Å²) in [6, 6.07) is 5.83. The van der Waals surface area contributed by atoms with Crippen molar-refractivity contribution >= 4 is 57.0 Å². The number of nitrogen functional groups attached to an aromatic ring is 2. The highest BCUT2D eigenvalue weighted by atomic mass is 35.5. The Morgan fingerprint density at radius 2 is 1.86 bits per heavy atom. The van der Waals surface area contributed by atoms with Crippen LogP contribution in [0.3, 0.4) is 0 Å². The predicted octanol–water partition coefficient (Wildman–Crippen LogP) is 0.144. The van der Waals surface area contributed by atoms with E-state index >= 15 is 0 Å². The molecular formula is C25H30ClN9O6S. The van der Waals surface area contributed by atoms with Crippen LogP contribution in [0, 0.1) is 5.92 Å². The van der Waals surface area contributed by atoms with Crippen LogP contribution in [-0.2, 0) is 14.8 Å². The fraction of sp³-hybridized carbons (Fsp3) is 0.440. The Morgan fingerprint density at radius 1 is 1.12 bits per heavy atom. The predicted molar refractivity (Wildman–Crippen MR) is 152 cm³/mol. The first kappa shape index (κ1) is 29.5. The smallest absolute Gasteiger partial charge is 0.307 e. The maximum atomic E-state index is 13.3. The number of nitrogens with two attached hydrogens (primary N) is 2. The van der Waals surface area contributed by atoms with Crippen molar-refractivity contribution < 1.29 is 27.9 Å². The summed E-state index contributed by atoms with van der Waals surface area (Å²) < 4.78 is 27.7. The van der Waals surface area contributed by atoms with E-state index in [4.69, 9.17) is 23.1 Å². The number of nitrogens with zero attached hydrogens (tertiary/aromatic N) is 5. The van der Waals surface area contributed by atoms with E-state index in [1.807, 2.05) is 0 Å². The summed E-state index contributed by atoms with van der Waals surface area (Å²) in [6.45, 7) is 1.35. The van der Waals surface area contributed by atoms with Gasteiger partial charge in [-0.3, -0.25) is 14.4 Å². The highest BCUT2D eigenvalue weighted by Gasteiger charge is 2.41. The number of amides is 2. The van der Waals surface area contributed by atoms with Crippen LogP contribution in [-0.4, -0.2) is 94.7 Å². The van der Waals surface area contributed by atoms with Crippen LogP contribution in [0.15, 0.2) is 34.2 Å². The number of sulfonamides is 1. The topological polar surface area (TPSA) is 226 Å². The number of likely N-dealkylation sites (tertiary alicyclic amines) is 1. The molecule has 1 aromatic heterocycles. The van der Waals surface area contributed by atoms with Gasteiger partial charge in [0.1, 0.15) is 0 Å². The van der Waals surface area contributed by atoms with Crippen molar-refractivity contribution in [3.05, 3.63) is 40.7 Å². The summed E-state index contributed by atoms with van der Waals surface area (Å²) in [5.41, 5.74) is 10.8. The van der Waals surface area contributed by atoms with Crippen molar-refractivity contribution in [1.82, 2.24) is 29.8 Å². The molecule has 3 aliphatic heterocycles. The van der Waals surface area contributed by atoms with Gasteiger partial charge in [-0.1, -0.05) is 17.7 Å². The van der Waals surface area contributed by atoms with Crippen molar-refractivity contribution in [3.8, 4) is 0 Å². The maximum Gasteiger partial charge on any atom is 0.307 e. The first-order valence-corrected chi connectivity index (χ1v) is 15.1. The highest BCUT2D eigenvalue weighted by molar-refractivity contribution is 7.89. The molecule has 224 valence electrons. The van der Waals surface area contributed by atoms with Crippen molar-refractivity contribution in [2.45, 2.75) is 36.1 Å². The minimum absolute atomic E-state index is 0.0484. The van der Waals surface area contributed by atoms with Gasteiger partial charge in [-0.2, -0.15) is 9.30 Å². The minimum atomic E-state index is -3.97. The molecule has 4 heterocycles. The molecule has 0 radical (unpaired) electrons. The molecule has 0 aliphatic carbocycles. The summed E-state index contributed by atoms with van der Waals surface area (Å²) in [5.74, 6) is -2.90. The number of halogens is 1. The van der Waals surface area contributed by atoms with Crippen LogP contribution in [0.2, 0.25) is 5.15 Å². The van der Waals surface area contributed by atoms with E-state index in [-0.39, 0.29) is 57.9 Å². The largest absolute Gasteiger partial charge is 0.481 e. The zero-order chi connectivity index (χ0) is 30.2. The minimum Gasteiger partial charge on any atom is -0.481 e. The SMILES string of the molecule is Nc1nc(N)c(C(=O)/N=C2\NCC3(CCN(C(=O)c4cccc(S(=O)(=O)N5CCCC(C(=O)O)C5)c4)CC3)N2)nc1Cl. The van der Waals surface area contributed by atoms with Crippen molar-refractivity contribution in [2.75, 3.05) is 44.2 Å². The molecule has 2 amide bonds. The van der Waals surface area contributed by atoms with Crippen LogP contribution < -0.4 is 22.1 Å². The molecule has 15 nitrogen and oxygen atoms in total. The maximum absolute atomic E-state index is 13.3. The second-order valence-corrected chi connectivity index (χ2v) is 12.8. The number of carboxylic acids is 1. The van der Waals surface area contributed by atoms with Crippen molar-refractivity contribution in [1.29, 1.82) is 0 Å². The monoisotopic (exact) mass is 619 g/mol. The van der Waals surface area contributed by atoms with Gasteiger partial charge in [0.15, 0.2) is 28.4 Å². The van der Waals surface area contributed by atoms with E-state index in [0.29, 0.717) is 45.3 Å². The van der Waals surface area contributed by atoms with Crippen LogP contribution >= 0.6 is 11.6 Å². The van der Waals surface area contributed by atoms with E-state index in [2.05, 4.69) is 25.6 Å². The van der Waals surface area contributed by atoms with Crippen molar-refractivity contribution in [2.24, 2.45) is 10.9 Å². The van der Waals surface area contributed by atoms with Gasteiger partial charge in [0.2, 0.25) is 10.0 Å². The molecule has 7 N–H and O–H groups in total. The Morgan fingerprint density at radius 3 is 2.57 bits per heavy atom. The summed E-state index contributed by atoms with van der Waals surface area (Å²) in [6.07, 6.45) is 1.95. The lowest BCUT2D eigenvalue weighted by Crippen LogP contribution is -2.53. The molecule has 17 heteroatoms. The molecule has 5 rings (SSSR count). The zero-order valence-corrected chi connectivity index (χ0v) is 24.0. The van der Waals surface area contributed by atoms with E-state index in [1.165, 1.54) is 22.5 Å². The number of piperidine rings is 2. The summed E-state index contributed by atoms with van der Waals surface area (Å²) in [5, 5.41) is 15.5. The highest BCUT2D eigenvalue weighted by Crippen LogP contribution is 2.28. The van der Waals surface area contributed by atoms with Crippen LogP contribution in [0.5, 0.6) is 0 Å². The number of benzene rings is 1. The fourth-order valence-corrected chi connectivity index (χ4v) is 7.03. The lowest BCUT2D eigenvalue weighted by molar-refractivity contribution is -0.142. The van der Waals surface area contributed by atoms with Gasteiger partial charge in [-0.25, -0.2) is 18.4 Å². The molecule has 3 saturated heterocycles. The average molecular weight is 620 g/mol. The quantitative estimate of drug-likeness (QED) is 0.301. The number of carboxylic acid groups (broad SMARTS) is 1. The number of carbonyl (C=O) groups is 3. The Hall–Kier alpha value is -4.02. The van der Waals surface area contributed by atoms with E-state index in [9.17, 15) is 27.9 Å². The Labute approximate surface area is 246 Å².